The van der Waals surface area contributed by atoms with Crippen LogP contribution in [0.3, 0.4) is 0 Å². The first-order valence-corrected chi connectivity index (χ1v) is 9.07. The normalized spacial score (nSPS) is 18.3. The first kappa shape index (κ1) is 18.3. The summed E-state index contributed by atoms with van der Waals surface area (Å²) in [7, 11) is -3.35. The lowest BCUT2D eigenvalue weighted by atomic mass is 10.2. The van der Waals surface area contributed by atoms with Crippen LogP contribution >= 0.6 is 0 Å². The second kappa shape index (κ2) is 8.07. The Morgan fingerprint density at radius 1 is 1.33 bits per heavy atom. The van der Waals surface area contributed by atoms with Crippen LogP contribution < -0.4 is 0 Å². The summed E-state index contributed by atoms with van der Waals surface area (Å²) in [5, 5.41) is 0. The zero-order valence-corrected chi connectivity index (χ0v) is 14.1. The highest BCUT2D eigenvalue weighted by Gasteiger charge is 2.31. The third-order valence-corrected chi connectivity index (χ3v) is 4.57. The fourth-order valence-electron chi connectivity index (χ4n) is 2.18. The number of morpholine rings is 1. The van der Waals surface area contributed by atoms with Gasteiger partial charge in [-0.25, -0.2) is 8.42 Å². The van der Waals surface area contributed by atoms with Crippen LogP contribution in [0.1, 0.15) is 20.8 Å². The van der Waals surface area contributed by atoms with Crippen molar-refractivity contribution >= 4 is 15.9 Å². The Labute approximate surface area is 127 Å². The molecule has 1 heterocycles. The molecule has 0 N–H and O–H groups in total. The van der Waals surface area contributed by atoms with Gasteiger partial charge in [0, 0.05) is 26.2 Å². The summed E-state index contributed by atoms with van der Waals surface area (Å²) < 4.78 is 35.6. The lowest BCUT2D eigenvalue weighted by molar-refractivity contribution is -0.151. The van der Waals surface area contributed by atoms with Crippen molar-refractivity contribution in [2.75, 3.05) is 45.6 Å². The molecule has 0 spiro atoms. The molecule has 8 heteroatoms. The largest absolute Gasteiger partial charge is 0.378 e. The molecule has 0 aromatic rings. The number of amides is 1. The third-order valence-electron chi connectivity index (χ3n) is 3.23. The van der Waals surface area contributed by atoms with Gasteiger partial charge >= 0.3 is 0 Å². The van der Waals surface area contributed by atoms with E-state index in [4.69, 9.17) is 9.47 Å². The fourth-order valence-corrected chi connectivity index (χ4v) is 3.05. The number of hydrogen-bond acceptors (Lipinski definition) is 5. The van der Waals surface area contributed by atoms with Crippen LogP contribution in [0.15, 0.2) is 0 Å². The van der Waals surface area contributed by atoms with E-state index in [1.54, 1.807) is 11.8 Å². The van der Waals surface area contributed by atoms with Gasteiger partial charge in [0.05, 0.1) is 25.6 Å². The number of carbonyl (C=O) groups is 1. The van der Waals surface area contributed by atoms with Gasteiger partial charge in [0.25, 0.3) is 5.91 Å². The van der Waals surface area contributed by atoms with Gasteiger partial charge in [0.2, 0.25) is 10.0 Å². The SMILES string of the molecule is CCN(CC(OC(C)C)C(=O)N1CCOCC1)S(C)(=O)=O. The topological polar surface area (TPSA) is 76.2 Å². The molecule has 0 radical (unpaired) electrons. The minimum atomic E-state index is -3.35. The second-order valence-electron chi connectivity index (χ2n) is 5.32. The van der Waals surface area contributed by atoms with E-state index in [-0.39, 0.29) is 18.6 Å². The highest BCUT2D eigenvalue weighted by Crippen LogP contribution is 2.10. The Bertz CT molecular complexity index is 432. The van der Waals surface area contributed by atoms with Gasteiger partial charge in [-0.2, -0.15) is 4.31 Å². The second-order valence-corrected chi connectivity index (χ2v) is 7.31. The van der Waals surface area contributed by atoms with E-state index in [0.29, 0.717) is 32.8 Å². The third kappa shape index (κ3) is 5.90. The predicted octanol–water partition coefficient (Wildman–Crippen LogP) is -0.0797. The summed E-state index contributed by atoms with van der Waals surface area (Å²) in [6.07, 6.45) is 0.207. The van der Waals surface area contributed by atoms with Crippen molar-refractivity contribution in [2.45, 2.75) is 33.0 Å². The lowest BCUT2D eigenvalue weighted by Gasteiger charge is -2.32. The van der Waals surface area contributed by atoms with Gasteiger partial charge in [-0.15, -0.1) is 0 Å². The molecule has 1 amide bonds. The summed E-state index contributed by atoms with van der Waals surface area (Å²) in [5.74, 6) is -0.172. The Kier molecular flexibility index (Phi) is 7.05. The molecule has 1 aliphatic heterocycles. The maximum Gasteiger partial charge on any atom is 0.253 e. The molecule has 1 unspecified atom stereocenters. The van der Waals surface area contributed by atoms with E-state index in [0.717, 1.165) is 6.26 Å². The van der Waals surface area contributed by atoms with Crippen molar-refractivity contribution in [3.8, 4) is 0 Å². The van der Waals surface area contributed by atoms with Crippen molar-refractivity contribution in [3.05, 3.63) is 0 Å². The molecular weight excluding hydrogens is 296 g/mol. The van der Waals surface area contributed by atoms with Crippen molar-refractivity contribution in [3.63, 3.8) is 0 Å². The summed E-state index contributed by atoms with van der Waals surface area (Å²) in [6.45, 7) is 7.80. The molecule has 1 aliphatic rings. The van der Waals surface area contributed by atoms with E-state index in [9.17, 15) is 13.2 Å². The number of likely N-dealkylation sites (N-methyl/N-ethyl adjacent to an activating group) is 1. The Morgan fingerprint density at radius 3 is 2.33 bits per heavy atom. The van der Waals surface area contributed by atoms with Crippen molar-refractivity contribution in [1.82, 2.24) is 9.21 Å². The summed E-state index contributed by atoms with van der Waals surface area (Å²) in [5.41, 5.74) is 0. The Morgan fingerprint density at radius 2 is 1.90 bits per heavy atom. The zero-order valence-electron chi connectivity index (χ0n) is 13.2. The van der Waals surface area contributed by atoms with Gasteiger partial charge in [0.1, 0.15) is 0 Å². The van der Waals surface area contributed by atoms with E-state index >= 15 is 0 Å². The molecule has 1 atom stereocenters. The number of rotatable bonds is 7. The molecule has 0 aromatic heterocycles. The number of ether oxygens (including phenoxy) is 2. The molecule has 0 aliphatic carbocycles. The minimum absolute atomic E-state index is 0.0453. The monoisotopic (exact) mass is 322 g/mol. The Balaban J connectivity index is 2.81. The molecule has 0 bridgehead atoms. The van der Waals surface area contributed by atoms with Crippen LogP contribution in [0.4, 0.5) is 0 Å². The van der Waals surface area contributed by atoms with Crippen molar-refractivity contribution in [2.24, 2.45) is 0 Å². The smallest absolute Gasteiger partial charge is 0.253 e. The van der Waals surface area contributed by atoms with Gasteiger partial charge in [-0.1, -0.05) is 6.92 Å². The average molecular weight is 322 g/mol. The van der Waals surface area contributed by atoms with Crippen molar-refractivity contribution < 1.29 is 22.7 Å². The Hall–Kier alpha value is -0.700. The minimum Gasteiger partial charge on any atom is -0.378 e. The molecule has 21 heavy (non-hydrogen) atoms. The van der Waals surface area contributed by atoms with Gasteiger partial charge in [-0.3, -0.25) is 4.79 Å². The maximum atomic E-state index is 12.5. The van der Waals surface area contributed by atoms with Crippen LogP contribution in [0.5, 0.6) is 0 Å². The van der Waals surface area contributed by atoms with Gasteiger partial charge < -0.3 is 14.4 Å². The molecule has 1 rings (SSSR count). The van der Waals surface area contributed by atoms with Gasteiger partial charge in [0.15, 0.2) is 6.10 Å². The van der Waals surface area contributed by atoms with E-state index in [1.165, 1.54) is 4.31 Å². The molecule has 0 aromatic carbocycles. The number of hydrogen-bond donors (Lipinski definition) is 0. The maximum absolute atomic E-state index is 12.5. The average Bonchev–Trinajstić information content (AvgIpc) is 2.41. The predicted molar refractivity (Wildman–Crippen MR) is 79.5 cm³/mol. The van der Waals surface area contributed by atoms with Gasteiger partial charge in [-0.05, 0) is 13.8 Å². The van der Waals surface area contributed by atoms with E-state index in [1.807, 2.05) is 13.8 Å². The van der Waals surface area contributed by atoms with Crippen LogP contribution in [0, 0.1) is 0 Å². The summed E-state index contributed by atoms with van der Waals surface area (Å²) in [6, 6.07) is 0. The summed E-state index contributed by atoms with van der Waals surface area (Å²) >= 11 is 0. The van der Waals surface area contributed by atoms with E-state index < -0.39 is 16.1 Å². The number of sulfonamides is 1. The van der Waals surface area contributed by atoms with Crippen molar-refractivity contribution in [1.29, 1.82) is 0 Å². The first-order chi connectivity index (χ1) is 9.75. The van der Waals surface area contributed by atoms with E-state index in [2.05, 4.69) is 0 Å². The van der Waals surface area contributed by atoms with Crippen LogP contribution in [-0.4, -0.2) is 81.4 Å². The zero-order chi connectivity index (χ0) is 16.0. The molecule has 1 saturated heterocycles. The highest BCUT2D eigenvalue weighted by molar-refractivity contribution is 7.88. The fraction of sp³-hybridized carbons (Fsp3) is 0.923. The molecule has 0 saturated carbocycles. The molecule has 124 valence electrons. The standard InChI is InChI=1S/C13H26N2O5S/c1-5-15(21(4,17)18)10-12(20-11(2)3)13(16)14-6-8-19-9-7-14/h11-12H,5-10H2,1-4H3. The quantitative estimate of drug-likeness (QED) is 0.655. The summed E-state index contributed by atoms with van der Waals surface area (Å²) in [4.78, 5) is 14.2. The van der Waals surface area contributed by atoms with Crippen LogP contribution in [0.2, 0.25) is 0 Å². The molecule has 1 fully saturated rings. The molecular formula is C13H26N2O5S. The first-order valence-electron chi connectivity index (χ1n) is 7.22. The highest BCUT2D eigenvalue weighted by atomic mass is 32.2. The van der Waals surface area contributed by atoms with Crippen LogP contribution in [-0.2, 0) is 24.3 Å². The molecule has 7 nitrogen and oxygen atoms in total. The number of nitrogens with zero attached hydrogens (tertiary/aromatic N) is 2. The number of carbonyl (C=O) groups excluding carboxylic acids is 1. The lowest BCUT2D eigenvalue weighted by Crippen LogP contribution is -2.51. The van der Waals surface area contributed by atoms with Crippen LogP contribution in [0.25, 0.3) is 0 Å².